The molecule has 5 heterocycles. The molecule has 1 amide bonds. The van der Waals surface area contributed by atoms with Gasteiger partial charge in [-0.15, -0.1) is 0 Å². The van der Waals surface area contributed by atoms with Crippen LogP contribution in [-0.4, -0.2) is 68.2 Å². The number of fused-ring (bicyclic) bond motifs is 6. The molecule has 3 aliphatic heterocycles. The summed E-state index contributed by atoms with van der Waals surface area (Å²) in [4.78, 5) is 22.2. The van der Waals surface area contributed by atoms with Crippen LogP contribution in [0.25, 0.3) is 5.65 Å². The van der Waals surface area contributed by atoms with Gasteiger partial charge in [0.25, 0.3) is 0 Å². The quantitative estimate of drug-likeness (QED) is 0.807. The van der Waals surface area contributed by atoms with Crippen molar-refractivity contribution in [2.45, 2.75) is 64.3 Å². The van der Waals surface area contributed by atoms with E-state index in [0.717, 1.165) is 43.7 Å². The van der Waals surface area contributed by atoms with Crippen LogP contribution in [0.2, 0.25) is 0 Å². The normalized spacial score (nSPS) is 30.7. The van der Waals surface area contributed by atoms with Crippen LogP contribution in [0.15, 0.2) is 12.3 Å². The SMILES string of the molecule is Cc1cc2ncc3c(n2n1)CC1CCC3N1C(=O)CN1CC(C)OC(C)C1. The lowest BCUT2D eigenvalue weighted by Gasteiger charge is -2.39. The maximum Gasteiger partial charge on any atom is 0.237 e. The standard InChI is InChI=1S/C20H27N5O2/c1-12-6-19-21-8-16-17-5-4-15(7-18(16)25(19)22-12)24(17)20(26)11-23-9-13(2)27-14(3)10-23/h6,8,13-15,17H,4-5,7,9-11H2,1-3H3. The monoisotopic (exact) mass is 369 g/mol. The summed E-state index contributed by atoms with van der Waals surface area (Å²) in [5.41, 5.74) is 4.30. The summed E-state index contributed by atoms with van der Waals surface area (Å²) in [7, 11) is 0. The Kier molecular flexibility index (Phi) is 3.98. The van der Waals surface area contributed by atoms with Gasteiger partial charge in [0.2, 0.25) is 5.91 Å². The van der Waals surface area contributed by atoms with E-state index in [1.165, 1.54) is 11.3 Å². The van der Waals surface area contributed by atoms with E-state index in [1.807, 2.05) is 23.7 Å². The number of hydrogen-bond acceptors (Lipinski definition) is 5. The van der Waals surface area contributed by atoms with Crippen molar-refractivity contribution >= 4 is 11.6 Å². The fourth-order valence-electron chi connectivity index (χ4n) is 5.27. The molecule has 7 nitrogen and oxygen atoms in total. The van der Waals surface area contributed by atoms with Gasteiger partial charge in [0.15, 0.2) is 5.65 Å². The molecule has 4 unspecified atom stereocenters. The highest BCUT2D eigenvalue weighted by molar-refractivity contribution is 5.80. The summed E-state index contributed by atoms with van der Waals surface area (Å²) in [6, 6.07) is 2.44. The third-order valence-electron chi connectivity index (χ3n) is 6.17. The van der Waals surface area contributed by atoms with E-state index in [1.54, 1.807) is 0 Å². The van der Waals surface area contributed by atoms with E-state index in [4.69, 9.17) is 4.74 Å². The second-order valence-corrected chi connectivity index (χ2v) is 8.42. The Morgan fingerprint density at radius 3 is 2.81 bits per heavy atom. The summed E-state index contributed by atoms with van der Waals surface area (Å²) in [5, 5.41) is 4.63. The van der Waals surface area contributed by atoms with Crippen molar-refractivity contribution < 1.29 is 9.53 Å². The van der Waals surface area contributed by atoms with Gasteiger partial charge in [0.1, 0.15) is 0 Å². The molecule has 2 bridgehead atoms. The van der Waals surface area contributed by atoms with E-state index >= 15 is 0 Å². The van der Waals surface area contributed by atoms with Crippen LogP contribution in [0.3, 0.4) is 0 Å². The molecule has 0 N–H and O–H groups in total. The minimum absolute atomic E-state index is 0.142. The van der Waals surface area contributed by atoms with Crippen LogP contribution in [0.4, 0.5) is 0 Å². The van der Waals surface area contributed by atoms with Gasteiger partial charge >= 0.3 is 0 Å². The van der Waals surface area contributed by atoms with Crippen LogP contribution in [0.1, 0.15) is 49.7 Å². The minimum atomic E-state index is 0.142. The van der Waals surface area contributed by atoms with Gasteiger partial charge in [-0.05, 0) is 33.6 Å². The number of aromatic nitrogens is 3. The molecule has 4 atom stereocenters. The zero-order valence-electron chi connectivity index (χ0n) is 16.3. The average Bonchev–Trinajstić information content (AvgIpc) is 3.13. The van der Waals surface area contributed by atoms with Gasteiger partial charge in [-0.2, -0.15) is 5.10 Å². The van der Waals surface area contributed by atoms with Gasteiger partial charge in [0.05, 0.1) is 36.2 Å². The fraction of sp³-hybridized carbons (Fsp3) is 0.650. The lowest BCUT2D eigenvalue weighted by Crippen LogP contribution is -2.52. The molecule has 0 aliphatic carbocycles. The first-order valence-electron chi connectivity index (χ1n) is 10.0. The van der Waals surface area contributed by atoms with Crippen molar-refractivity contribution in [2.24, 2.45) is 0 Å². The number of carbonyl (C=O) groups is 1. The highest BCUT2D eigenvalue weighted by Crippen LogP contribution is 2.43. The van der Waals surface area contributed by atoms with Gasteiger partial charge in [0, 0.05) is 43.4 Å². The number of hydrogen-bond donors (Lipinski definition) is 0. The summed E-state index contributed by atoms with van der Waals surface area (Å²) in [5.74, 6) is 0.242. The zero-order valence-corrected chi connectivity index (χ0v) is 16.3. The Balaban J connectivity index is 1.41. The Bertz CT molecular complexity index is 884. The van der Waals surface area contributed by atoms with Gasteiger partial charge in [-0.3, -0.25) is 9.69 Å². The van der Waals surface area contributed by atoms with E-state index in [0.29, 0.717) is 6.54 Å². The Hall–Kier alpha value is -1.99. The molecule has 0 aromatic carbocycles. The van der Waals surface area contributed by atoms with E-state index < -0.39 is 0 Å². The lowest BCUT2D eigenvalue weighted by atomic mass is 9.99. The molecule has 5 rings (SSSR count). The number of rotatable bonds is 2. The maximum absolute atomic E-state index is 13.2. The van der Waals surface area contributed by atoms with Crippen LogP contribution < -0.4 is 0 Å². The van der Waals surface area contributed by atoms with Crippen molar-refractivity contribution in [3.05, 3.63) is 29.2 Å². The molecule has 3 aliphatic rings. The number of ether oxygens (including phenoxy) is 1. The first kappa shape index (κ1) is 17.1. The largest absolute Gasteiger partial charge is 0.373 e. The molecule has 2 saturated heterocycles. The summed E-state index contributed by atoms with van der Waals surface area (Å²) < 4.78 is 7.79. The van der Waals surface area contributed by atoms with Crippen LogP contribution in [0, 0.1) is 6.92 Å². The highest BCUT2D eigenvalue weighted by atomic mass is 16.5. The Morgan fingerprint density at radius 1 is 1.26 bits per heavy atom. The first-order chi connectivity index (χ1) is 13.0. The number of aryl methyl sites for hydroxylation is 1. The number of amides is 1. The maximum atomic E-state index is 13.2. The molecule has 2 fully saturated rings. The zero-order chi connectivity index (χ0) is 18.7. The van der Waals surface area contributed by atoms with Crippen LogP contribution in [0.5, 0.6) is 0 Å². The van der Waals surface area contributed by atoms with Crippen molar-refractivity contribution in [1.82, 2.24) is 24.4 Å². The van der Waals surface area contributed by atoms with Crippen LogP contribution >= 0.6 is 0 Å². The predicted molar refractivity (Wildman–Crippen MR) is 100 cm³/mol. The number of carbonyl (C=O) groups excluding carboxylic acids is 1. The number of morpholine rings is 1. The highest BCUT2D eigenvalue weighted by Gasteiger charge is 2.44. The molecule has 0 saturated carbocycles. The van der Waals surface area contributed by atoms with E-state index in [-0.39, 0.29) is 30.2 Å². The smallest absolute Gasteiger partial charge is 0.237 e. The van der Waals surface area contributed by atoms with Crippen molar-refractivity contribution in [3.63, 3.8) is 0 Å². The molecule has 144 valence electrons. The minimum Gasteiger partial charge on any atom is -0.373 e. The fourth-order valence-corrected chi connectivity index (χ4v) is 5.27. The molecular weight excluding hydrogens is 342 g/mol. The molecular formula is C20H27N5O2. The number of nitrogens with zero attached hydrogens (tertiary/aromatic N) is 5. The van der Waals surface area contributed by atoms with Gasteiger partial charge in [-0.1, -0.05) is 0 Å². The van der Waals surface area contributed by atoms with E-state index in [2.05, 4.69) is 33.7 Å². The van der Waals surface area contributed by atoms with Gasteiger partial charge in [-0.25, -0.2) is 9.50 Å². The Morgan fingerprint density at radius 2 is 2.04 bits per heavy atom. The second kappa shape index (κ2) is 6.27. The summed E-state index contributed by atoms with van der Waals surface area (Å²) >= 11 is 0. The molecule has 0 spiro atoms. The molecule has 2 aromatic heterocycles. The molecule has 27 heavy (non-hydrogen) atoms. The first-order valence-corrected chi connectivity index (χ1v) is 10.0. The van der Waals surface area contributed by atoms with Gasteiger partial charge < -0.3 is 9.64 Å². The molecule has 0 radical (unpaired) electrons. The lowest BCUT2D eigenvalue weighted by molar-refractivity contribution is -0.139. The van der Waals surface area contributed by atoms with Crippen LogP contribution in [-0.2, 0) is 16.0 Å². The average molecular weight is 369 g/mol. The Labute approximate surface area is 159 Å². The topological polar surface area (TPSA) is 63.0 Å². The third-order valence-corrected chi connectivity index (χ3v) is 6.17. The van der Waals surface area contributed by atoms with Crippen molar-refractivity contribution in [3.8, 4) is 0 Å². The summed E-state index contributed by atoms with van der Waals surface area (Å²) in [6.45, 7) is 8.29. The predicted octanol–water partition coefficient (Wildman–Crippen LogP) is 1.74. The molecule has 7 heteroatoms. The van der Waals surface area contributed by atoms with Crippen molar-refractivity contribution in [1.29, 1.82) is 0 Å². The second-order valence-electron chi connectivity index (χ2n) is 8.42. The third kappa shape index (κ3) is 2.84. The summed E-state index contributed by atoms with van der Waals surface area (Å²) in [6.07, 6.45) is 5.28. The van der Waals surface area contributed by atoms with Crippen molar-refractivity contribution in [2.75, 3.05) is 19.6 Å². The van der Waals surface area contributed by atoms with E-state index in [9.17, 15) is 4.79 Å². The molecule has 2 aromatic rings.